The van der Waals surface area contributed by atoms with Crippen LogP contribution >= 0.6 is 0 Å². The third-order valence-corrected chi connectivity index (χ3v) is 4.98. The van der Waals surface area contributed by atoms with E-state index in [1.54, 1.807) is 0 Å². The topological polar surface area (TPSA) is 206 Å². The molecule has 0 aliphatic carbocycles. The summed E-state index contributed by atoms with van der Waals surface area (Å²) in [5.41, 5.74) is 9.50. The number of carboxylic acid groups (broad SMARTS) is 1. The number of aliphatic carboxylic acids is 1. The van der Waals surface area contributed by atoms with Gasteiger partial charge in [0.05, 0.1) is 6.04 Å². The molecule has 0 aromatic rings. The minimum Gasteiger partial charge on any atom is -0.480 e. The van der Waals surface area contributed by atoms with Gasteiger partial charge in [-0.3, -0.25) is 14.4 Å². The first kappa shape index (κ1) is 31.1. The van der Waals surface area contributed by atoms with Gasteiger partial charge >= 0.3 is 12.0 Å². The van der Waals surface area contributed by atoms with Gasteiger partial charge in [0.1, 0.15) is 17.6 Å². The van der Waals surface area contributed by atoms with Crippen molar-refractivity contribution in [2.75, 3.05) is 6.54 Å². The first-order valence-corrected chi connectivity index (χ1v) is 11.5. The summed E-state index contributed by atoms with van der Waals surface area (Å²) in [5, 5.41) is 19.4. The maximum Gasteiger partial charge on any atom is 0.326 e. The minimum atomic E-state index is -1.46. The second-order valence-corrected chi connectivity index (χ2v) is 9.84. The molecule has 196 valence electrons. The lowest BCUT2D eigenvalue weighted by atomic mass is 9.99. The maximum absolute atomic E-state index is 13.0. The van der Waals surface area contributed by atoms with Gasteiger partial charge in [0.15, 0.2) is 0 Å². The smallest absolute Gasteiger partial charge is 0.326 e. The number of amides is 5. The summed E-state index contributed by atoms with van der Waals surface area (Å²) in [4.78, 5) is 60.6. The average Bonchev–Trinajstić information content (AvgIpc) is 2.67. The predicted octanol–water partition coefficient (Wildman–Crippen LogP) is -0.197. The monoisotopic (exact) mass is 486 g/mol. The fourth-order valence-corrected chi connectivity index (χ4v) is 3.16. The summed E-state index contributed by atoms with van der Waals surface area (Å²) >= 11 is 0. The minimum absolute atomic E-state index is 0.0303. The van der Waals surface area contributed by atoms with Crippen LogP contribution in [0.25, 0.3) is 0 Å². The second-order valence-electron chi connectivity index (χ2n) is 9.84. The van der Waals surface area contributed by atoms with Crippen molar-refractivity contribution in [1.29, 1.82) is 0 Å². The molecule has 12 heteroatoms. The third-order valence-electron chi connectivity index (χ3n) is 4.98. The highest BCUT2D eigenvalue weighted by molar-refractivity contribution is 5.95. The predicted molar refractivity (Wildman–Crippen MR) is 127 cm³/mol. The van der Waals surface area contributed by atoms with Crippen LogP contribution in [0.15, 0.2) is 0 Å². The van der Waals surface area contributed by atoms with Gasteiger partial charge in [0.25, 0.3) is 0 Å². The highest BCUT2D eigenvalue weighted by atomic mass is 16.4. The van der Waals surface area contributed by atoms with Crippen molar-refractivity contribution < 1.29 is 29.1 Å². The van der Waals surface area contributed by atoms with Crippen LogP contribution in [0.3, 0.4) is 0 Å². The standard InChI is InChI=1S/C22H42N6O6/c1-12(2)10-14(23)17(29)26-15(8-7-9-25-21(24)34)18(30)28-22(5,6)20(33)27-16(19(31)32)11-13(3)4/h12-16H,7-11,23H2,1-6H3,(H,26,29)(H,27,33)(H,28,30)(H,31,32)(H3,24,25,34)/t14-,15-,16-/m0/s1. The Bertz CT molecular complexity index is 725. The molecule has 3 atom stereocenters. The lowest BCUT2D eigenvalue weighted by molar-refractivity contribution is -0.143. The molecule has 0 radical (unpaired) electrons. The Kier molecular flexibility index (Phi) is 13.2. The summed E-state index contributed by atoms with van der Waals surface area (Å²) in [5.74, 6) is -2.80. The van der Waals surface area contributed by atoms with E-state index in [1.165, 1.54) is 13.8 Å². The van der Waals surface area contributed by atoms with Crippen LogP contribution in [0, 0.1) is 11.8 Å². The van der Waals surface area contributed by atoms with Gasteiger partial charge in [-0.05, 0) is 51.4 Å². The molecular formula is C22H42N6O6. The van der Waals surface area contributed by atoms with Crippen LogP contribution in [0.4, 0.5) is 4.79 Å². The zero-order valence-corrected chi connectivity index (χ0v) is 21.1. The number of urea groups is 1. The van der Waals surface area contributed by atoms with Crippen LogP contribution in [0.5, 0.6) is 0 Å². The largest absolute Gasteiger partial charge is 0.480 e. The van der Waals surface area contributed by atoms with Crippen molar-refractivity contribution in [2.45, 2.75) is 90.9 Å². The maximum atomic E-state index is 13.0. The van der Waals surface area contributed by atoms with E-state index in [-0.39, 0.29) is 31.2 Å². The van der Waals surface area contributed by atoms with Crippen molar-refractivity contribution in [2.24, 2.45) is 23.3 Å². The van der Waals surface area contributed by atoms with Gasteiger partial charge in [-0.25, -0.2) is 9.59 Å². The first-order valence-electron chi connectivity index (χ1n) is 11.5. The Hall–Kier alpha value is -2.89. The normalized spacial score (nSPS) is 14.1. The number of nitrogens with two attached hydrogens (primary N) is 2. The molecule has 0 saturated carbocycles. The highest BCUT2D eigenvalue weighted by Gasteiger charge is 2.35. The summed E-state index contributed by atoms with van der Waals surface area (Å²) in [6, 6.07) is -3.66. The van der Waals surface area contributed by atoms with E-state index in [9.17, 15) is 29.1 Å². The number of carbonyl (C=O) groups is 5. The van der Waals surface area contributed by atoms with E-state index in [4.69, 9.17) is 11.5 Å². The number of carboxylic acids is 1. The molecule has 5 amide bonds. The van der Waals surface area contributed by atoms with E-state index < -0.39 is 53.4 Å². The molecule has 34 heavy (non-hydrogen) atoms. The Labute approximate surface area is 201 Å². The average molecular weight is 487 g/mol. The van der Waals surface area contributed by atoms with E-state index in [2.05, 4.69) is 21.3 Å². The third kappa shape index (κ3) is 12.4. The molecule has 0 heterocycles. The fourth-order valence-electron chi connectivity index (χ4n) is 3.16. The SMILES string of the molecule is CC(C)C[C@H](NC(=O)C(C)(C)NC(=O)[C@H](CCCNC(N)=O)NC(=O)[C@@H](N)CC(C)C)C(=O)O. The Morgan fingerprint density at radius 2 is 1.44 bits per heavy atom. The summed E-state index contributed by atoms with van der Waals surface area (Å²) < 4.78 is 0. The number of rotatable bonds is 15. The van der Waals surface area contributed by atoms with Crippen molar-refractivity contribution in [3.63, 3.8) is 0 Å². The van der Waals surface area contributed by atoms with Crippen LogP contribution in [-0.2, 0) is 19.2 Å². The molecule has 0 fully saturated rings. The number of hydrogen-bond acceptors (Lipinski definition) is 6. The summed E-state index contributed by atoms with van der Waals surface area (Å²) in [6.45, 7) is 10.6. The molecule has 0 aromatic carbocycles. The summed E-state index contributed by atoms with van der Waals surface area (Å²) in [6.07, 6.45) is 1.12. The quantitative estimate of drug-likeness (QED) is 0.155. The van der Waals surface area contributed by atoms with Crippen LogP contribution in [0.2, 0.25) is 0 Å². The number of primary amides is 1. The molecule has 0 aliphatic rings. The van der Waals surface area contributed by atoms with E-state index in [0.29, 0.717) is 12.8 Å². The first-order chi connectivity index (χ1) is 15.6. The van der Waals surface area contributed by atoms with E-state index in [1.807, 2.05) is 27.7 Å². The molecule has 0 spiro atoms. The molecule has 0 saturated heterocycles. The number of nitrogens with one attached hydrogen (secondary N) is 4. The fraction of sp³-hybridized carbons (Fsp3) is 0.773. The van der Waals surface area contributed by atoms with Gasteiger partial charge in [-0.2, -0.15) is 0 Å². The Morgan fingerprint density at radius 3 is 1.91 bits per heavy atom. The van der Waals surface area contributed by atoms with Gasteiger partial charge in [0, 0.05) is 6.54 Å². The van der Waals surface area contributed by atoms with Crippen LogP contribution in [0.1, 0.15) is 67.2 Å². The molecule has 0 aliphatic heterocycles. The van der Waals surface area contributed by atoms with E-state index in [0.717, 1.165) is 0 Å². The van der Waals surface area contributed by atoms with Crippen molar-refractivity contribution in [3.05, 3.63) is 0 Å². The molecule has 0 rings (SSSR count). The van der Waals surface area contributed by atoms with Gasteiger partial charge in [-0.15, -0.1) is 0 Å². The molecule has 12 nitrogen and oxygen atoms in total. The van der Waals surface area contributed by atoms with Crippen LogP contribution in [-0.4, -0.2) is 65.0 Å². The van der Waals surface area contributed by atoms with Gasteiger partial charge in [0.2, 0.25) is 17.7 Å². The van der Waals surface area contributed by atoms with Crippen molar-refractivity contribution in [1.82, 2.24) is 21.3 Å². The number of hydrogen-bond donors (Lipinski definition) is 7. The lowest BCUT2D eigenvalue weighted by Gasteiger charge is -2.30. The lowest BCUT2D eigenvalue weighted by Crippen LogP contribution is -2.61. The molecular weight excluding hydrogens is 444 g/mol. The van der Waals surface area contributed by atoms with Crippen molar-refractivity contribution >= 4 is 29.7 Å². The zero-order valence-electron chi connectivity index (χ0n) is 21.1. The molecule has 0 aromatic heterocycles. The number of carbonyl (C=O) groups excluding carboxylic acids is 4. The Balaban J connectivity index is 5.37. The molecule has 0 bridgehead atoms. The molecule has 0 unspecified atom stereocenters. The Morgan fingerprint density at radius 1 is 0.882 bits per heavy atom. The second kappa shape index (κ2) is 14.4. The van der Waals surface area contributed by atoms with E-state index >= 15 is 0 Å². The zero-order chi connectivity index (χ0) is 26.6. The van der Waals surface area contributed by atoms with Crippen LogP contribution < -0.4 is 32.7 Å². The van der Waals surface area contributed by atoms with Gasteiger partial charge in [-0.1, -0.05) is 27.7 Å². The van der Waals surface area contributed by atoms with Crippen molar-refractivity contribution in [3.8, 4) is 0 Å². The summed E-state index contributed by atoms with van der Waals surface area (Å²) in [7, 11) is 0. The molecule has 9 N–H and O–H groups in total. The van der Waals surface area contributed by atoms with Gasteiger partial charge < -0.3 is 37.8 Å². The highest BCUT2D eigenvalue weighted by Crippen LogP contribution is 2.10.